The number of allylic oxidation sites excluding steroid dienone is 2. The van der Waals surface area contributed by atoms with Gasteiger partial charge in [-0.25, -0.2) is 12.8 Å². The first-order chi connectivity index (χ1) is 11.8. The van der Waals surface area contributed by atoms with Crippen LogP contribution in [0.2, 0.25) is 0 Å². The van der Waals surface area contributed by atoms with Gasteiger partial charge in [-0.05, 0) is 35.3 Å². The van der Waals surface area contributed by atoms with Gasteiger partial charge in [-0.3, -0.25) is 4.31 Å². The predicted molar refractivity (Wildman–Crippen MR) is 101 cm³/mol. The average Bonchev–Trinajstić information content (AvgIpc) is 2.58. The second kappa shape index (κ2) is 8.32. The van der Waals surface area contributed by atoms with Crippen LogP contribution in [0.3, 0.4) is 0 Å². The molecule has 0 bridgehead atoms. The van der Waals surface area contributed by atoms with E-state index in [-0.39, 0.29) is 17.5 Å². The summed E-state index contributed by atoms with van der Waals surface area (Å²) < 4.78 is 38.9. The Bertz CT molecular complexity index is 862. The highest BCUT2D eigenvalue weighted by atomic mass is 35.5. The van der Waals surface area contributed by atoms with Gasteiger partial charge >= 0.3 is 0 Å². The molecule has 6 heteroatoms. The van der Waals surface area contributed by atoms with E-state index in [0.717, 1.165) is 16.1 Å². The first kappa shape index (κ1) is 19.2. The van der Waals surface area contributed by atoms with Gasteiger partial charge in [0.25, 0.3) is 0 Å². The van der Waals surface area contributed by atoms with Crippen molar-refractivity contribution in [2.45, 2.75) is 13.0 Å². The van der Waals surface area contributed by atoms with Crippen LogP contribution in [0.15, 0.2) is 72.4 Å². The molecule has 3 nitrogen and oxygen atoms in total. The number of rotatable bonds is 7. The number of nitrogens with zero attached hydrogens (tertiary/aromatic N) is 1. The minimum Gasteiger partial charge on any atom is -0.255 e. The van der Waals surface area contributed by atoms with E-state index in [0.29, 0.717) is 17.6 Å². The zero-order valence-electron chi connectivity index (χ0n) is 13.8. The van der Waals surface area contributed by atoms with E-state index < -0.39 is 10.0 Å². The summed E-state index contributed by atoms with van der Waals surface area (Å²) in [4.78, 5) is 0. The molecule has 0 N–H and O–H groups in total. The normalized spacial score (nSPS) is 12.4. The summed E-state index contributed by atoms with van der Waals surface area (Å²) in [7, 11) is -3.61. The molecule has 0 aliphatic heterocycles. The lowest BCUT2D eigenvalue weighted by Crippen LogP contribution is -2.27. The van der Waals surface area contributed by atoms with Crippen LogP contribution in [0.1, 0.15) is 17.5 Å². The van der Waals surface area contributed by atoms with Gasteiger partial charge in [-0.2, -0.15) is 0 Å². The van der Waals surface area contributed by atoms with E-state index in [1.165, 1.54) is 12.1 Å². The third kappa shape index (κ3) is 5.18. The number of sulfonamides is 1. The lowest BCUT2D eigenvalue weighted by molar-refractivity contribution is 0.494. The molecule has 0 spiro atoms. The summed E-state index contributed by atoms with van der Waals surface area (Å²) in [5.41, 5.74) is 2.02. The Morgan fingerprint density at radius 3 is 2.28 bits per heavy atom. The second-order valence-corrected chi connectivity index (χ2v) is 7.79. The maximum atomic E-state index is 13.2. The molecular weight excluding hydrogens is 361 g/mol. The molecule has 0 saturated carbocycles. The van der Waals surface area contributed by atoms with E-state index in [2.05, 4.69) is 6.58 Å². The van der Waals surface area contributed by atoms with Gasteiger partial charge in [-0.15, -0.1) is 6.58 Å². The molecule has 0 radical (unpaired) electrons. The quantitative estimate of drug-likeness (QED) is 0.513. The predicted octanol–water partition coefficient (Wildman–Crippen LogP) is 4.77. The van der Waals surface area contributed by atoms with Crippen molar-refractivity contribution < 1.29 is 12.8 Å². The van der Waals surface area contributed by atoms with Gasteiger partial charge in [0.05, 0.1) is 12.8 Å². The Kier molecular flexibility index (Phi) is 6.39. The fourth-order valence-electron chi connectivity index (χ4n) is 2.35. The van der Waals surface area contributed by atoms with Crippen LogP contribution in [0.25, 0.3) is 5.57 Å². The zero-order valence-corrected chi connectivity index (χ0v) is 15.4. The van der Waals surface area contributed by atoms with Crippen LogP contribution in [-0.2, 0) is 16.6 Å². The van der Waals surface area contributed by atoms with Gasteiger partial charge in [0.15, 0.2) is 0 Å². The minimum absolute atomic E-state index is 0.0814. The van der Waals surface area contributed by atoms with Crippen molar-refractivity contribution in [1.82, 2.24) is 4.31 Å². The first-order valence-electron chi connectivity index (χ1n) is 7.60. The number of hydrogen-bond donors (Lipinski definition) is 0. The third-order valence-corrected chi connectivity index (χ3v) is 5.22. The highest BCUT2D eigenvalue weighted by molar-refractivity contribution is 7.88. The topological polar surface area (TPSA) is 37.4 Å². The monoisotopic (exact) mass is 379 g/mol. The van der Waals surface area contributed by atoms with Crippen LogP contribution in [0.4, 0.5) is 4.39 Å². The van der Waals surface area contributed by atoms with Gasteiger partial charge in [0.1, 0.15) is 11.0 Å². The van der Waals surface area contributed by atoms with Crippen LogP contribution >= 0.6 is 11.6 Å². The molecule has 2 rings (SSSR count). The van der Waals surface area contributed by atoms with Crippen molar-refractivity contribution in [2.75, 3.05) is 6.26 Å². The standard InChI is InChI=1S/C19H19ClFNO2S/c1-3-7-18(16-10-12-17(21)13-11-16)19(20)22(25(2,23)24)14-15-8-5-4-6-9-15/h3-6,8-13H,1,7,14H2,2H3/b19-18-. The lowest BCUT2D eigenvalue weighted by Gasteiger charge is -2.24. The van der Waals surface area contributed by atoms with Crippen molar-refractivity contribution in [3.8, 4) is 0 Å². The molecule has 2 aromatic rings. The fourth-order valence-corrected chi connectivity index (χ4v) is 3.76. The van der Waals surface area contributed by atoms with E-state index in [1.54, 1.807) is 18.2 Å². The Balaban J connectivity index is 2.52. The lowest BCUT2D eigenvalue weighted by atomic mass is 10.0. The molecule has 0 aliphatic rings. The van der Waals surface area contributed by atoms with E-state index in [4.69, 9.17) is 11.6 Å². The van der Waals surface area contributed by atoms with Crippen molar-refractivity contribution in [3.05, 3.63) is 89.4 Å². The van der Waals surface area contributed by atoms with E-state index in [1.807, 2.05) is 30.3 Å². The molecule has 0 heterocycles. The van der Waals surface area contributed by atoms with Crippen LogP contribution in [0, 0.1) is 5.82 Å². The Labute approximate surface area is 153 Å². The first-order valence-corrected chi connectivity index (χ1v) is 9.82. The molecule has 0 atom stereocenters. The molecule has 0 amide bonds. The molecule has 132 valence electrons. The largest absolute Gasteiger partial charge is 0.255 e. The fraction of sp³-hybridized carbons (Fsp3) is 0.158. The van der Waals surface area contributed by atoms with Gasteiger partial charge in [0.2, 0.25) is 10.0 Å². The highest BCUT2D eigenvalue weighted by Gasteiger charge is 2.22. The summed E-state index contributed by atoms with van der Waals surface area (Å²) >= 11 is 6.49. The molecule has 0 unspecified atom stereocenters. The molecule has 2 aromatic carbocycles. The Morgan fingerprint density at radius 2 is 1.76 bits per heavy atom. The summed E-state index contributed by atoms with van der Waals surface area (Å²) in [6.45, 7) is 3.81. The van der Waals surface area contributed by atoms with Crippen molar-refractivity contribution in [1.29, 1.82) is 0 Å². The summed E-state index contributed by atoms with van der Waals surface area (Å²) in [6, 6.07) is 14.9. The van der Waals surface area contributed by atoms with Gasteiger partial charge < -0.3 is 0 Å². The summed E-state index contributed by atoms with van der Waals surface area (Å²) in [5.74, 6) is -0.373. The molecule has 25 heavy (non-hydrogen) atoms. The number of benzene rings is 2. The average molecular weight is 380 g/mol. The SMILES string of the molecule is C=CC/C(=C(\Cl)N(Cc1ccccc1)S(C)(=O)=O)c1ccc(F)cc1. The van der Waals surface area contributed by atoms with Crippen molar-refractivity contribution >= 4 is 27.2 Å². The summed E-state index contributed by atoms with van der Waals surface area (Å²) in [5, 5.41) is 0.0814. The number of hydrogen-bond acceptors (Lipinski definition) is 2. The van der Waals surface area contributed by atoms with Crippen molar-refractivity contribution in [3.63, 3.8) is 0 Å². The zero-order chi connectivity index (χ0) is 18.4. The van der Waals surface area contributed by atoms with E-state index >= 15 is 0 Å². The van der Waals surface area contributed by atoms with Crippen LogP contribution < -0.4 is 0 Å². The van der Waals surface area contributed by atoms with E-state index in [9.17, 15) is 12.8 Å². The smallest absolute Gasteiger partial charge is 0.233 e. The van der Waals surface area contributed by atoms with Crippen molar-refractivity contribution in [2.24, 2.45) is 0 Å². The Hall–Kier alpha value is -2.11. The molecule has 0 aromatic heterocycles. The van der Waals surface area contributed by atoms with Gasteiger partial charge in [0, 0.05) is 0 Å². The molecule has 0 aliphatic carbocycles. The molecular formula is C19H19ClFNO2S. The highest BCUT2D eigenvalue weighted by Crippen LogP contribution is 2.30. The minimum atomic E-state index is -3.61. The van der Waals surface area contributed by atoms with Crippen LogP contribution in [0.5, 0.6) is 0 Å². The second-order valence-electron chi connectivity index (χ2n) is 5.52. The summed E-state index contributed by atoms with van der Waals surface area (Å²) in [6.07, 6.45) is 3.09. The van der Waals surface area contributed by atoms with Gasteiger partial charge in [-0.1, -0.05) is 60.1 Å². The molecule has 0 saturated heterocycles. The number of halogens is 2. The molecule has 0 fully saturated rings. The third-order valence-electron chi connectivity index (χ3n) is 3.58. The maximum absolute atomic E-state index is 13.2. The maximum Gasteiger partial charge on any atom is 0.233 e. The van der Waals surface area contributed by atoms with Crippen LogP contribution in [-0.4, -0.2) is 19.0 Å². The Morgan fingerprint density at radius 1 is 1.16 bits per heavy atom.